The molecule has 0 aromatic heterocycles. The molecular formula is C17H15F2NO4S. The standard InChI is InChI=1S/C17H15F2NO4S/c18-17(19)24-13-8-6-12(7-9-13)20-15(21)10-23-16(22)11-25-14-4-2-1-3-5-14/h1-9,17H,10-11H2,(H,20,21). The molecule has 0 atom stereocenters. The van der Waals surface area contributed by atoms with Crippen molar-refractivity contribution in [2.24, 2.45) is 0 Å². The first-order valence-corrected chi connectivity index (χ1v) is 8.19. The average Bonchev–Trinajstić information content (AvgIpc) is 2.60. The third kappa shape index (κ3) is 7.21. The molecule has 0 aliphatic heterocycles. The Hall–Kier alpha value is -2.61. The molecule has 0 spiro atoms. The summed E-state index contributed by atoms with van der Waals surface area (Å²) in [7, 11) is 0. The largest absolute Gasteiger partial charge is 0.455 e. The van der Waals surface area contributed by atoms with Gasteiger partial charge in [-0.2, -0.15) is 8.78 Å². The molecular weight excluding hydrogens is 352 g/mol. The summed E-state index contributed by atoms with van der Waals surface area (Å²) in [6, 6.07) is 14.7. The van der Waals surface area contributed by atoms with E-state index in [0.29, 0.717) is 5.69 Å². The van der Waals surface area contributed by atoms with Gasteiger partial charge in [-0.25, -0.2) is 0 Å². The second-order valence-corrected chi connectivity index (χ2v) is 5.76. The molecule has 8 heteroatoms. The zero-order valence-electron chi connectivity index (χ0n) is 13.0. The molecule has 0 aliphatic rings. The van der Waals surface area contributed by atoms with Crippen molar-refractivity contribution in [3.63, 3.8) is 0 Å². The number of carbonyl (C=O) groups excluding carboxylic acids is 2. The number of alkyl halides is 2. The van der Waals surface area contributed by atoms with E-state index < -0.39 is 25.1 Å². The summed E-state index contributed by atoms with van der Waals surface area (Å²) in [5.41, 5.74) is 0.376. The van der Waals surface area contributed by atoms with Gasteiger partial charge in [-0.15, -0.1) is 11.8 Å². The van der Waals surface area contributed by atoms with Crippen molar-refractivity contribution in [1.29, 1.82) is 0 Å². The second-order valence-electron chi connectivity index (χ2n) is 4.71. The van der Waals surface area contributed by atoms with Gasteiger partial charge in [0.15, 0.2) is 6.61 Å². The van der Waals surface area contributed by atoms with Gasteiger partial charge in [0, 0.05) is 10.6 Å². The van der Waals surface area contributed by atoms with Gasteiger partial charge in [-0.05, 0) is 36.4 Å². The topological polar surface area (TPSA) is 64.6 Å². The smallest absolute Gasteiger partial charge is 0.387 e. The van der Waals surface area contributed by atoms with Crippen LogP contribution in [0.2, 0.25) is 0 Å². The fourth-order valence-electron chi connectivity index (χ4n) is 1.76. The number of thioether (sulfide) groups is 1. The van der Waals surface area contributed by atoms with E-state index >= 15 is 0 Å². The lowest BCUT2D eigenvalue weighted by atomic mass is 10.3. The highest BCUT2D eigenvalue weighted by Crippen LogP contribution is 2.18. The number of halogens is 2. The summed E-state index contributed by atoms with van der Waals surface area (Å²) < 4.78 is 33.1. The van der Waals surface area contributed by atoms with Crippen LogP contribution in [-0.4, -0.2) is 30.8 Å². The SMILES string of the molecule is O=C(COC(=O)CSc1ccccc1)Nc1ccc(OC(F)F)cc1. The summed E-state index contributed by atoms with van der Waals surface area (Å²) in [6.07, 6.45) is 0. The number of carbonyl (C=O) groups is 2. The number of esters is 1. The fraction of sp³-hybridized carbons (Fsp3) is 0.176. The molecule has 0 saturated carbocycles. The maximum atomic E-state index is 12.0. The van der Waals surface area contributed by atoms with Gasteiger partial charge in [-0.1, -0.05) is 18.2 Å². The highest BCUT2D eigenvalue weighted by molar-refractivity contribution is 8.00. The fourth-order valence-corrected chi connectivity index (χ4v) is 2.48. The molecule has 2 aromatic carbocycles. The molecule has 0 aliphatic carbocycles. The third-order valence-electron chi connectivity index (χ3n) is 2.83. The van der Waals surface area contributed by atoms with Crippen LogP contribution >= 0.6 is 11.8 Å². The Morgan fingerprint density at radius 2 is 1.72 bits per heavy atom. The average molecular weight is 367 g/mol. The van der Waals surface area contributed by atoms with Gasteiger partial charge in [0.05, 0.1) is 5.75 Å². The zero-order valence-corrected chi connectivity index (χ0v) is 13.8. The molecule has 0 heterocycles. The minimum Gasteiger partial charge on any atom is -0.455 e. The van der Waals surface area contributed by atoms with E-state index in [4.69, 9.17) is 4.74 Å². The molecule has 2 rings (SSSR count). The molecule has 0 unspecified atom stereocenters. The van der Waals surface area contributed by atoms with Crippen LogP contribution in [0.15, 0.2) is 59.5 Å². The molecule has 1 N–H and O–H groups in total. The van der Waals surface area contributed by atoms with E-state index in [-0.39, 0.29) is 11.5 Å². The van der Waals surface area contributed by atoms with Crippen LogP contribution < -0.4 is 10.1 Å². The lowest BCUT2D eigenvalue weighted by Crippen LogP contribution is -2.21. The van der Waals surface area contributed by atoms with Crippen molar-refractivity contribution >= 4 is 29.3 Å². The highest BCUT2D eigenvalue weighted by atomic mass is 32.2. The van der Waals surface area contributed by atoms with E-state index in [1.807, 2.05) is 30.3 Å². The van der Waals surface area contributed by atoms with Crippen molar-refractivity contribution in [1.82, 2.24) is 0 Å². The summed E-state index contributed by atoms with van der Waals surface area (Å²) in [4.78, 5) is 24.2. The van der Waals surface area contributed by atoms with Crippen LogP contribution in [0, 0.1) is 0 Å². The van der Waals surface area contributed by atoms with Gasteiger partial charge in [0.2, 0.25) is 0 Å². The number of benzene rings is 2. The molecule has 0 fully saturated rings. The molecule has 0 bridgehead atoms. The molecule has 0 radical (unpaired) electrons. The second kappa shape index (κ2) is 9.63. The van der Waals surface area contributed by atoms with E-state index in [1.165, 1.54) is 36.0 Å². The molecule has 132 valence electrons. The number of rotatable bonds is 8. The van der Waals surface area contributed by atoms with Crippen LogP contribution in [0.5, 0.6) is 5.75 Å². The molecule has 0 saturated heterocycles. The first-order valence-electron chi connectivity index (χ1n) is 7.21. The number of nitrogens with one attached hydrogen (secondary N) is 1. The van der Waals surface area contributed by atoms with Crippen molar-refractivity contribution in [2.45, 2.75) is 11.5 Å². The van der Waals surface area contributed by atoms with Gasteiger partial charge >= 0.3 is 12.6 Å². The lowest BCUT2D eigenvalue weighted by Gasteiger charge is -2.08. The summed E-state index contributed by atoms with van der Waals surface area (Å²) in [5, 5.41) is 2.49. The predicted molar refractivity (Wildman–Crippen MR) is 89.8 cm³/mol. The van der Waals surface area contributed by atoms with Crippen molar-refractivity contribution in [3.8, 4) is 5.75 Å². The number of anilines is 1. The van der Waals surface area contributed by atoms with Gasteiger partial charge < -0.3 is 14.8 Å². The third-order valence-corrected chi connectivity index (χ3v) is 3.81. The van der Waals surface area contributed by atoms with Crippen LogP contribution in [0.4, 0.5) is 14.5 Å². The molecule has 5 nitrogen and oxygen atoms in total. The van der Waals surface area contributed by atoms with Gasteiger partial charge in [-0.3, -0.25) is 9.59 Å². The normalized spacial score (nSPS) is 10.4. The van der Waals surface area contributed by atoms with E-state index in [2.05, 4.69) is 10.1 Å². The maximum absolute atomic E-state index is 12.0. The Balaban J connectivity index is 1.70. The summed E-state index contributed by atoms with van der Waals surface area (Å²) >= 11 is 1.31. The highest BCUT2D eigenvalue weighted by Gasteiger charge is 2.09. The Kier molecular flexibility index (Phi) is 7.21. The first-order chi connectivity index (χ1) is 12.0. The van der Waals surface area contributed by atoms with Crippen LogP contribution in [0.1, 0.15) is 0 Å². The van der Waals surface area contributed by atoms with E-state index in [1.54, 1.807) is 0 Å². The zero-order chi connectivity index (χ0) is 18.1. The van der Waals surface area contributed by atoms with Crippen molar-refractivity contribution in [2.75, 3.05) is 17.7 Å². The number of hydrogen-bond donors (Lipinski definition) is 1. The minimum atomic E-state index is -2.91. The Morgan fingerprint density at radius 1 is 1.04 bits per heavy atom. The Morgan fingerprint density at radius 3 is 2.36 bits per heavy atom. The van der Waals surface area contributed by atoms with Crippen LogP contribution in [-0.2, 0) is 14.3 Å². The number of ether oxygens (including phenoxy) is 2. The monoisotopic (exact) mass is 367 g/mol. The Labute approximate surface area is 147 Å². The Bertz CT molecular complexity index is 696. The van der Waals surface area contributed by atoms with E-state index in [0.717, 1.165) is 4.90 Å². The maximum Gasteiger partial charge on any atom is 0.387 e. The minimum absolute atomic E-state index is 0.0163. The first kappa shape index (κ1) is 18.7. The molecule has 25 heavy (non-hydrogen) atoms. The number of amides is 1. The van der Waals surface area contributed by atoms with Crippen molar-refractivity contribution < 1.29 is 27.8 Å². The summed E-state index contributed by atoms with van der Waals surface area (Å²) in [5.74, 6) is -0.959. The van der Waals surface area contributed by atoms with Crippen LogP contribution in [0.3, 0.4) is 0 Å². The van der Waals surface area contributed by atoms with Gasteiger partial charge in [0.1, 0.15) is 5.75 Å². The van der Waals surface area contributed by atoms with E-state index in [9.17, 15) is 18.4 Å². The van der Waals surface area contributed by atoms with Crippen molar-refractivity contribution in [3.05, 3.63) is 54.6 Å². The molecule has 1 amide bonds. The lowest BCUT2D eigenvalue weighted by molar-refractivity contribution is -0.144. The quantitative estimate of drug-likeness (QED) is 0.571. The van der Waals surface area contributed by atoms with Crippen LogP contribution in [0.25, 0.3) is 0 Å². The molecule has 2 aromatic rings. The summed E-state index contributed by atoms with van der Waals surface area (Å²) in [6.45, 7) is -3.34. The van der Waals surface area contributed by atoms with Gasteiger partial charge in [0.25, 0.3) is 5.91 Å². The predicted octanol–water partition coefficient (Wildman–Crippen LogP) is 3.56. The number of hydrogen-bond acceptors (Lipinski definition) is 5.